The largest absolute Gasteiger partial charge is 0.515 e. The highest BCUT2D eigenvalue weighted by Gasteiger charge is 2.08. The highest BCUT2D eigenvalue weighted by Crippen LogP contribution is 2.15. The molecule has 0 aliphatic rings. The number of ketones is 1. The van der Waals surface area contributed by atoms with Gasteiger partial charge in [-0.1, -0.05) is 37.3 Å². The van der Waals surface area contributed by atoms with Gasteiger partial charge in [0.05, 0.1) is 11.8 Å². The van der Waals surface area contributed by atoms with E-state index in [-0.39, 0.29) is 5.78 Å². The van der Waals surface area contributed by atoms with Crippen LogP contribution >= 0.6 is 0 Å². The summed E-state index contributed by atoms with van der Waals surface area (Å²) in [6.45, 7) is 1.77. The Labute approximate surface area is 77.5 Å². The van der Waals surface area contributed by atoms with Crippen LogP contribution in [0.4, 0.5) is 0 Å². The number of hydrogen-bond acceptors (Lipinski definition) is 2. The molecule has 0 fully saturated rings. The Morgan fingerprint density at radius 1 is 1.38 bits per heavy atom. The first-order chi connectivity index (χ1) is 6.29. The quantitative estimate of drug-likeness (QED) is 0.567. The zero-order valence-corrected chi connectivity index (χ0v) is 7.53. The van der Waals surface area contributed by atoms with Gasteiger partial charge in [0, 0.05) is 6.42 Å². The van der Waals surface area contributed by atoms with Crippen LogP contribution in [-0.2, 0) is 4.79 Å². The van der Waals surface area contributed by atoms with Gasteiger partial charge < -0.3 is 5.11 Å². The Kier molecular flexibility index (Phi) is 3.26. The van der Waals surface area contributed by atoms with Crippen molar-refractivity contribution in [3.8, 4) is 0 Å². The fraction of sp³-hybridized carbons (Fsp3) is 0.182. The third-order valence-corrected chi connectivity index (χ3v) is 1.84. The molecule has 0 radical (unpaired) electrons. The number of allylic oxidation sites excluding steroid dienone is 1. The summed E-state index contributed by atoms with van der Waals surface area (Å²) in [6.07, 6.45) is 1.28. The van der Waals surface area contributed by atoms with Crippen molar-refractivity contribution in [3.05, 3.63) is 42.2 Å². The second-order valence-electron chi connectivity index (χ2n) is 2.69. The number of aliphatic hydroxyl groups excluding tert-OH is 1. The molecule has 0 bridgehead atoms. The average molecular weight is 176 g/mol. The molecule has 0 heterocycles. The molecule has 68 valence electrons. The molecule has 0 saturated carbocycles. The van der Waals surface area contributed by atoms with E-state index in [9.17, 15) is 4.79 Å². The second kappa shape index (κ2) is 4.45. The summed E-state index contributed by atoms with van der Waals surface area (Å²) >= 11 is 0. The molecule has 2 nitrogen and oxygen atoms in total. The molecular formula is C11H12O2. The van der Waals surface area contributed by atoms with Crippen LogP contribution in [0.1, 0.15) is 18.9 Å². The van der Waals surface area contributed by atoms with Gasteiger partial charge in [-0.15, -0.1) is 0 Å². The number of carbonyl (C=O) groups excluding carboxylic acids is 1. The van der Waals surface area contributed by atoms with Crippen molar-refractivity contribution in [2.45, 2.75) is 13.3 Å². The van der Waals surface area contributed by atoms with Gasteiger partial charge in [-0.25, -0.2) is 0 Å². The molecule has 1 aromatic carbocycles. The number of benzene rings is 1. The summed E-state index contributed by atoms with van der Waals surface area (Å²) in [5.41, 5.74) is 1.14. The van der Waals surface area contributed by atoms with E-state index in [1.54, 1.807) is 19.1 Å². The zero-order valence-electron chi connectivity index (χ0n) is 7.53. The Hall–Kier alpha value is -1.57. The van der Waals surface area contributed by atoms with Gasteiger partial charge in [-0.2, -0.15) is 0 Å². The first-order valence-electron chi connectivity index (χ1n) is 4.22. The predicted octanol–water partition coefficient (Wildman–Crippen LogP) is 2.56. The molecule has 0 unspecified atom stereocenters. The van der Waals surface area contributed by atoms with Crippen LogP contribution in [0.3, 0.4) is 0 Å². The zero-order chi connectivity index (χ0) is 9.68. The maximum Gasteiger partial charge on any atom is 0.166 e. The average Bonchev–Trinajstić information content (AvgIpc) is 2.20. The normalized spacial score (nSPS) is 11.3. The highest BCUT2D eigenvalue weighted by atomic mass is 16.2. The van der Waals surface area contributed by atoms with Crippen LogP contribution in [0.25, 0.3) is 5.57 Å². The lowest BCUT2D eigenvalue weighted by molar-refractivity contribution is -0.113. The number of Topliss-reactive ketones (excluding diaryl/α,β-unsaturated/α-hetero) is 1. The van der Waals surface area contributed by atoms with Crippen molar-refractivity contribution in [1.82, 2.24) is 0 Å². The van der Waals surface area contributed by atoms with Crippen molar-refractivity contribution in [2.24, 2.45) is 0 Å². The smallest absolute Gasteiger partial charge is 0.166 e. The highest BCUT2D eigenvalue weighted by molar-refractivity contribution is 6.20. The van der Waals surface area contributed by atoms with Crippen molar-refractivity contribution in [2.75, 3.05) is 0 Å². The van der Waals surface area contributed by atoms with Gasteiger partial charge in [0.25, 0.3) is 0 Å². The lowest BCUT2D eigenvalue weighted by atomic mass is 10.0. The Morgan fingerprint density at radius 3 is 2.46 bits per heavy atom. The van der Waals surface area contributed by atoms with Gasteiger partial charge in [0.2, 0.25) is 0 Å². The van der Waals surface area contributed by atoms with E-state index in [2.05, 4.69) is 0 Å². The maximum absolute atomic E-state index is 11.3. The molecule has 0 spiro atoms. The van der Waals surface area contributed by atoms with E-state index in [1.165, 1.54) is 0 Å². The predicted molar refractivity (Wildman–Crippen MR) is 52.3 cm³/mol. The molecule has 0 saturated heterocycles. The molecule has 2 heteroatoms. The summed E-state index contributed by atoms with van der Waals surface area (Å²) < 4.78 is 0. The molecular weight excluding hydrogens is 164 g/mol. The van der Waals surface area contributed by atoms with Gasteiger partial charge in [0.1, 0.15) is 0 Å². The van der Waals surface area contributed by atoms with E-state index < -0.39 is 0 Å². The number of aliphatic hydroxyl groups is 1. The van der Waals surface area contributed by atoms with Gasteiger partial charge in [0.15, 0.2) is 5.78 Å². The van der Waals surface area contributed by atoms with E-state index in [4.69, 9.17) is 5.11 Å². The minimum Gasteiger partial charge on any atom is -0.515 e. The molecule has 0 amide bonds. The first kappa shape index (κ1) is 9.52. The van der Waals surface area contributed by atoms with Crippen molar-refractivity contribution >= 4 is 11.4 Å². The maximum atomic E-state index is 11.3. The van der Waals surface area contributed by atoms with Crippen LogP contribution in [0, 0.1) is 0 Å². The van der Waals surface area contributed by atoms with E-state index >= 15 is 0 Å². The Bertz CT molecular complexity index is 312. The van der Waals surface area contributed by atoms with Crippen LogP contribution in [-0.4, -0.2) is 10.9 Å². The third-order valence-electron chi connectivity index (χ3n) is 1.84. The summed E-state index contributed by atoms with van der Waals surface area (Å²) in [4.78, 5) is 11.3. The molecule has 1 aromatic rings. The molecule has 0 aliphatic carbocycles. The summed E-state index contributed by atoms with van der Waals surface area (Å²) in [5, 5.41) is 8.90. The monoisotopic (exact) mass is 176 g/mol. The fourth-order valence-corrected chi connectivity index (χ4v) is 1.12. The second-order valence-corrected chi connectivity index (χ2v) is 2.69. The van der Waals surface area contributed by atoms with Crippen LogP contribution < -0.4 is 0 Å². The third kappa shape index (κ3) is 2.18. The van der Waals surface area contributed by atoms with E-state index in [1.807, 2.05) is 18.2 Å². The minimum absolute atomic E-state index is 0.0475. The lowest BCUT2D eigenvalue weighted by Gasteiger charge is -2.02. The topological polar surface area (TPSA) is 37.3 Å². The summed E-state index contributed by atoms with van der Waals surface area (Å²) in [6, 6.07) is 9.14. The molecule has 0 atom stereocenters. The van der Waals surface area contributed by atoms with Crippen LogP contribution in [0.15, 0.2) is 36.6 Å². The minimum atomic E-state index is -0.0475. The standard InChI is InChI=1S/C11H12O2/c1-2-11(13)10(8-12)9-6-4-3-5-7-9/h3-8,12H,2H2,1H3. The molecule has 0 aliphatic heterocycles. The summed E-state index contributed by atoms with van der Waals surface area (Å²) in [5.74, 6) is -0.0475. The summed E-state index contributed by atoms with van der Waals surface area (Å²) in [7, 11) is 0. The molecule has 1 N–H and O–H groups in total. The van der Waals surface area contributed by atoms with E-state index in [0.717, 1.165) is 11.8 Å². The Balaban J connectivity index is 3.00. The molecule has 1 rings (SSSR count). The van der Waals surface area contributed by atoms with Crippen molar-refractivity contribution < 1.29 is 9.90 Å². The van der Waals surface area contributed by atoms with Gasteiger partial charge in [-0.05, 0) is 5.56 Å². The van der Waals surface area contributed by atoms with Crippen molar-refractivity contribution in [3.63, 3.8) is 0 Å². The number of carbonyl (C=O) groups is 1. The number of rotatable bonds is 3. The lowest BCUT2D eigenvalue weighted by Crippen LogP contribution is -1.99. The Morgan fingerprint density at radius 2 is 2.00 bits per heavy atom. The van der Waals surface area contributed by atoms with Gasteiger partial charge >= 0.3 is 0 Å². The number of hydrogen-bond donors (Lipinski definition) is 1. The SMILES string of the molecule is CCC(=O)C(=CO)c1ccccc1. The first-order valence-corrected chi connectivity index (χ1v) is 4.22. The van der Waals surface area contributed by atoms with Crippen LogP contribution in [0.2, 0.25) is 0 Å². The molecule has 0 aromatic heterocycles. The van der Waals surface area contributed by atoms with Crippen LogP contribution in [0.5, 0.6) is 0 Å². The fourth-order valence-electron chi connectivity index (χ4n) is 1.12. The van der Waals surface area contributed by atoms with Crippen molar-refractivity contribution in [1.29, 1.82) is 0 Å². The van der Waals surface area contributed by atoms with Gasteiger partial charge in [-0.3, -0.25) is 4.79 Å². The molecule has 13 heavy (non-hydrogen) atoms. The van der Waals surface area contributed by atoms with E-state index in [0.29, 0.717) is 12.0 Å².